The van der Waals surface area contributed by atoms with Crippen molar-refractivity contribution in [2.24, 2.45) is 0 Å². The monoisotopic (exact) mass is 312 g/mol. The third kappa shape index (κ3) is 2.15. The van der Waals surface area contributed by atoms with Crippen LogP contribution in [-0.4, -0.2) is 4.98 Å². The lowest BCUT2D eigenvalue weighted by Gasteiger charge is -2.08. The van der Waals surface area contributed by atoms with Crippen LogP contribution in [0.25, 0.3) is 0 Å². The SMILES string of the molecule is N#CCc1c(F)ncc(I)c1C(F)F. The molecule has 0 bridgehead atoms. The van der Waals surface area contributed by atoms with Gasteiger partial charge in [0.25, 0.3) is 6.43 Å². The van der Waals surface area contributed by atoms with Crippen molar-refractivity contribution in [1.82, 2.24) is 4.98 Å². The summed E-state index contributed by atoms with van der Waals surface area (Å²) in [5.41, 5.74) is -0.742. The normalized spacial score (nSPS) is 10.3. The molecule has 0 amide bonds. The second-order valence-electron chi connectivity index (χ2n) is 2.42. The summed E-state index contributed by atoms with van der Waals surface area (Å²) >= 11 is 1.64. The second kappa shape index (κ2) is 4.59. The van der Waals surface area contributed by atoms with Crippen molar-refractivity contribution in [2.75, 3.05) is 0 Å². The van der Waals surface area contributed by atoms with E-state index in [9.17, 15) is 13.2 Å². The summed E-state index contributed by atoms with van der Waals surface area (Å²) < 4.78 is 38.1. The van der Waals surface area contributed by atoms with Crippen molar-refractivity contribution in [3.8, 4) is 6.07 Å². The summed E-state index contributed by atoms with van der Waals surface area (Å²) in [6, 6.07) is 1.63. The Balaban J connectivity index is 3.35. The molecule has 0 aliphatic heterocycles. The predicted octanol–water partition coefficient (Wildman–Crippen LogP) is 2.83. The fourth-order valence-electron chi connectivity index (χ4n) is 0.999. The van der Waals surface area contributed by atoms with Crippen LogP contribution in [0.1, 0.15) is 17.6 Å². The van der Waals surface area contributed by atoms with Crippen LogP contribution in [0.2, 0.25) is 0 Å². The van der Waals surface area contributed by atoms with Gasteiger partial charge < -0.3 is 0 Å². The number of hydrogen-bond donors (Lipinski definition) is 0. The topological polar surface area (TPSA) is 36.7 Å². The average molecular weight is 312 g/mol. The van der Waals surface area contributed by atoms with E-state index in [1.807, 2.05) is 0 Å². The fraction of sp³-hybridized carbons (Fsp3) is 0.250. The summed E-state index contributed by atoms with van der Waals surface area (Å²) in [5.74, 6) is -0.998. The largest absolute Gasteiger partial charge is 0.265 e. The van der Waals surface area contributed by atoms with E-state index < -0.39 is 24.4 Å². The average Bonchev–Trinajstić information content (AvgIpc) is 2.11. The van der Waals surface area contributed by atoms with Gasteiger partial charge in [-0.25, -0.2) is 13.8 Å². The first-order valence-corrected chi connectivity index (χ1v) is 4.63. The molecule has 0 saturated carbocycles. The highest BCUT2D eigenvalue weighted by Gasteiger charge is 2.20. The molecule has 0 unspecified atom stereocenters. The lowest BCUT2D eigenvalue weighted by Crippen LogP contribution is -2.03. The molecule has 0 saturated heterocycles. The van der Waals surface area contributed by atoms with E-state index in [0.717, 1.165) is 6.20 Å². The van der Waals surface area contributed by atoms with E-state index in [1.54, 1.807) is 28.7 Å². The van der Waals surface area contributed by atoms with Crippen molar-refractivity contribution in [1.29, 1.82) is 5.26 Å². The molecule has 6 heteroatoms. The van der Waals surface area contributed by atoms with Crippen LogP contribution < -0.4 is 0 Å². The lowest BCUT2D eigenvalue weighted by atomic mass is 10.1. The molecule has 0 radical (unpaired) electrons. The van der Waals surface area contributed by atoms with Crippen LogP contribution in [0.5, 0.6) is 0 Å². The molecule has 0 N–H and O–H groups in total. The van der Waals surface area contributed by atoms with Crippen LogP contribution in [0, 0.1) is 20.8 Å². The van der Waals surface area contributed by atoms with Crippen LogP contribution in [0.4, 0.5) is 13.2 Å². The smallest absolute Gasteiger partial charge is 0.227 e. The Morgan fingerprint density at radius 1 is 1.57 bits per heavy atom. The highest BCUT2D eigenvalue weighted by molar-refractivity contribution is 14.1. The maximum absolute atomic E-state index is 13.0. The zero-order valence-corrected chi connectivity index (χ0v) is 8.93. The second-order valence-corrected chi connectivity index (χ2v) is 3.59. The molecule has 1 aromatic rings. The molecule has 0 fully saturated rings. The zero-order valence-electron chi connectivity index (χ0n) is 6.77. The molecule has 1 rings (SSSR count). The Hall–Kier alpha value is -0.840. The Labute approximate surface area is 91.9 Å². The van der Waals surface area contributed by atoms with E-state index >= 15 is 0 Å². The van der Waals surface area contributed by atoms with Crippen molar-refractivity contribution >= 4 is 22.6 Å². The van der Waals surface area contributed by atoms with Gasteiger partial charge in [0.15, 0.2) is 0 Å². The quantitative estimate of drug-likeness (QED) is 0.622. The highest BCUT2D eigenvalue weighted by Crippen LogP contribution is 2.28. The number of pyridine rings is 1. The van der Waals surface area contributed by atoms with Crippen LogP contribution in [0.3, 0.4) is 0 Å². The van der Waals surface area contributed by atoms with Gasteiger partial charge in [-0.2, -0.15) is 9.65 Å². The number of hydrogen-bond acceptors (Lipinski definition) is 2. The number of rotatable bonds is 2. The van der Waals surface area contributed by atoms with Gasteiger partial charge in [-0.05, 0) is 22.6 Å². The molecule has 0 aromatic carbocycles. The molecule has 0 spiro atoms. The minimum absolute atomic E-state index is 0.171. The first kappa shape index (κ1) is 11.2. The summed E-state index contributed by atoms with van der Waals surface area (Å²) in [7, 11) is 0. The predicted molar refractivity (Wildman–Crippen MR) is 51.2 cm³/mol. The third-order valence-electron chi connectivity index (χ3n) is 1.60. The molecule has 1 heterocycles. The van der Waals surface area contributed by atoms with Gasteiger partial charge in [-0.15, -0.1) is 0 Å². The van der Waals surface area contributed by atoms with Crippen molar-refractivity contribution in [3.63, 3.8) is 0 Å². The van der Waals surface area contributed by atoms with E-state index in [1.165, 1.54) is 0 Å². The fourth-order valence-corrected chi connectivity index (χ4v) is 1.70. The Kier molecular flexibility index (Phi) is 3.69. The summed E-state index contributed by atoms with van der Waals surface area (Å²) in [6.07, 6.45) is -2.16. The number of nitrogens with zero attached hydrogens (tertiary/aromatic N) is 2. The summed E-state index contributed by atoms with van der Waals surface area (Å²) in [4.78, 5) is 3.28. The van der Waals surface area contributed by atoms with Crippen molar-refractivity contribution < 1.29 is 13.2 Å². The lowest BCUT2D eigenvalue weighted by molar-refractivity contribution is 0.148. The molecule has 0 atom stereocenters. The van der Waals surface area contributed by atoms with Gasteiger partial charge in [0.05, 0.1) is 12.5 Å². The van der Waals surface area contributed by atoms with Crippen molar-refractivity contribution in [2.45, 2.75) is 12.8 Å². The van der Waals surface area contributed by atoms with Crippen molar-refractivity contribution in [3.05, 3.63) is 26.8 Å². The van der Waals surface area contributed by atoms with Gasteiger partial charge in [0.2, 0.25) is 5.95 Å². The Morgan fingerprint density at radius 2 is 2.21 bits per heavy atom. The molecule has 0 aliphatic carbocycles. The molecule has 1 aromatic heterocycles. The molecule has 74 valence electrons. The molecule has 14 heavy (non-hydrogen) atoms. The zero-order chi connectivity index (χ0) is 10.7. The van der Waals surface area contributed by atoms with E-state index in [-0.39, 0.29) is 9.13 Å². The Bertz CT molecular complexity index is 387. The van der Waals surface area contributed by atoms with Gasteiger partial charge in [0.1, 0.15) is 0 Å². The third-order valence-corrected chi connectivity index (χ3v) is 2.46. The standard InChI is InChI=1S/C8H4F3IN2/c9-7(10)6-4(1-2-13)8(11)14-3-5(6)12/h3,7H,1H2. The maximum Gasteiger partial charge on any atom is 0.265 e. The molecule has 0 aliphatic rings. The minimum Gasteiger partial charge on any atom is -0.227 e. The first-order valence-electron chi connectivity index (χ1n) is 3.55. The molecule has 2 nitrogen and oxygen atoms in total. The highest BCUT2D eigenvalue weighted by atomic mass is 127. The maximum atomic E-state index is 13.0. The molecular weight excluding hydrogens is 308 g/mol. The summed E-state index contributed by atoms with van der Waals surface area (Å²) in [6.45, 7) is 0. The van der Waals surface area contributed by atoms with Gasteiger partial charge in [-0.1, -0.05) is 0 Å². The van der Waals surface area contributed by atoms with Gasteiger partial charge in [0, 0.05) is 20.9 Å². The van der Waals surface area contributed by atoms with Crippen LogP contribution in [0.15, 0.2) is 6.20 Å². The van der Waals surface area contributed by atoms with E-state index in [2.05, 4.69) is 4.98 Å². The van der Waals surface area contributed by atoms with Gasteiger partial charge >= 0.3 is 0 Å². The number of alkyl halides is 2. The van der Waals surface area contributed by atoms with E-state index in [4.69, 9.17) is 5.26 Å². The number of nitriles is 1. The number of aromatic nitrogens is 1. The molecular formula is C8H4F3IN2. The Morgan fingerprint density at radius 3 is 2.71 bits per heavy atom. The number of halogens is 4. The van der Waals surface area contributed by atoms with Crippen LogP contribution in [-0.2, 0) is 6.42 Å². The first-order chi connectivity index (χ1) is 6.57. The van der Waals surface area contributed by atoms with Gasteiger partial charge in [-0.3, -0.25) is 0 Å². The summed E-state index contributed by atoms with van der Waals surface area (Å²) in [5, 5.41) is 8.35. The van der Waals surface area contributed by atoms with E-state index in [0.29, 0.717) is 0 Å². The van der Waals surface area contributed by atoms with Crippen LogP contribution >= 0.6 is 22.6 Å². The minimum atomic E-state index is -2.79.